The van der Waals surface area contributed by atoms with Gasteiger partial charge in [0.25, 0.3) is 0 Å². The molecule has 148 valence electrons. The Hall–Kier alpha value is -3.69. The zero-order chi connectivity index (χ0) is 20.2. The maximum atomic E-state index is 14.5. The summed E-state index contributed by atoms with van der Waals surface area (Å²) in [6, 6.07) is 6.48. The number of pyridine rings is 1. The molecule has 1 aliphatic heterocycles. The number of imidazole rings is 1. The van der Waals surface area contributed by atoms with E-state index in [2.05, 4.69) is 35.6 Å². The van der Waals surface area contributed by atoms with Crippen molar-refractivity contribution in [2.75, 3.05) is 13.2 Å². The van der Waals surface area contributed by atoms with Crippen LogP contribution < -0.4 is 10.6 Å². The molecular weight excluding hydrogens is 378 g/mol. The third-order valence-electron chi connectivity index (χ3n) is 4.25. The van der Waals surface area contributed by atoms with Gasteiger partial charge in [0.1, 0.15) is 30.2 Å². The standard InChI is InChI=1S/C19H18F2N8/c1-12(27-17-8-22-9-23-10-24-11-26-17)18-28-15-5-4-13(20)7-16(15)29(18)19-14(21)3-2-6-25-19/h2-7,9,11-12H,8,10H2,1H3,(H,22,23)(H,24,26,27). The van der Waals surface area contributed by atoms with Crippen LogP contribution in [0.25, 0.3) is 16.9 Å². The third-order valence-corrected chi connectivity index (χ3v) is 4.25. The van der Waals surface area contributed by atoms with Crippen LogP contribution in [0.1, 0.15) is 18.8 Å². The second-order valence-corrected chi connectivity index (χ2v) is 6.29. The molecule has 8 nitrogen and oxygen atoms in total. The zero-order valence-electron chi connectivity index (χ0n) is 15.5. The van der Waals surface area contributed by atoms with Crippen molar-refractivity contribution in [3.63, 3.8) is 0 Å². The number of nitrogens with one attached hydrogen (secondary N) is 2. The van der Waals surface area contributed by atoms with E-state index in [1.807, 2.05) is 6.92 Å². The highest BCUT2D eigenvalue weighted by Crippen LogP contribution is 2.27. The van der Waals surface area contributed by atoms with Gasteiger partial charge >= 0.3 is 0 Å². The van der Waals surface area contributed by atoms with Gasteiger partial charge < -0.3 is 10.6 Å². The average Bonchev–Trinajstić information content (AvgIpc) is 3.13. The van der Waals surface area contributed by atoms with Gasteiger partial charge in [-0.1, -0.05) is 0 Å². The van der Waals surface area contributed by atoms with E-state index >= 15 is 0 Å². The normalized spacial score (nSPS) is 16.7. The second kappa shape index (κ2) is 8.13. The van der Waals surface area contributed by atoms with Crippen LogP contribution in [0.4, 0.5) is 8.78 Å². The lowest BCUT2D eigenvalue weighted by molar-refractivity contribution is 0.601. The molecule has 1 atom stereocenters. The average molecular weight is 396 g/mol. The lowest BCUT2D eigenvalue weighted by Crippen LogP contribution is -2.33. The first kappa shape index (κ1) is 18.7. The Balaban J connectivity index is 1.82. The smallest absolute Gasteiger partial charge is 0.175 e. The van der Waals surface area contributed by atoms with Crippen molar-refractivity contribution >= 4 is 29.5 Å². The van der Waals surface area contributed by atoms with Gasteiger partial charge in [-0.3, -0.25) is 19.5 Å². The molecule has 1 aromatic carbocycles. The maximum absolute atomic E-state index is 14.5. The van der Waals surface area contributed by atoms with Gasteiger partial charge in [-0.05, 0) is 31.2 Å². The Labute approximate surface area is 165 Å². The van der Waals surface area contributed by atoms with E-state index in [1.165, 1.54) is 41.4 Å². The van der Waals surface area contributed by atoms with Crippen LogP contribution in [0.3, 0.4) is 0 Å². The lowest BCUT2D eigenvalue weighted by Gasteiger charge is -2.14. The first-order valence-electron chi connectivity index (χ1n) is 8.95. The molecule has 29 heavy (non-hydrogen) atoms. The number of amidine groups is 1. The van der Waals surface area contributed by atoms with E-state index in [1.54, 1.807) is 12.4 Å². The molecule has 4 rings (SSSR count). The van der Waals surface area contributed by atoms with E-state index < -0.39 is 17.7 Å². The van der Waals surface area contributed by atoms with Crippen molar-refractivity contribution in [3.05, 3.63) is 54.0 Å². The largest absolute Gasteiger partial charge is 0.369 e. The van der Waals surface area contributed by atoms with Crippen LogP contribution in [0.2, 0.25) is 0 Å². The molecule has 0 radical (unpaired) electrons. The predicted molar refractivity (Wildman–Crippen MR) is 108 cm³/mol. The molecule has 0 aliphatic carbocycles. The van der Waals surface area contributed by atoms with E-state index in [-0.39, 0.29) is 5.82 Å². The van der Waals surface area contributed by atoms with Crippen LogP contribution in [-0.2, 0) is 0 Å². The molecule has 1 aliphatic rings. The number of nitrogens with zero attached hydrogens (tertiary/aromatic N) is 6. The molecule has 2 aromatic heterocycles. The number of rotatable bonds is 3. The minimum atomic E-state index is -0.539. The Morgan fingerprint density at radius 3 is 2.90 bits per heavy atom. The summed E-state index contributed by atoms with van der Waals surface area (Å²) >= 11 is 0. The highest BCUT2D eigenvalue weighted by molar-refractivity contribution is 5.94. The zero-order valence-corrected chi connectivity index (χ0v) is 15.5. The summed E-state index contributed by atoms with van der Waals surface area (Å²) in [4.78, 5) is 21.5. The Bertz CT molecular complexity index is 1120. The SMILES string of the molecule is CC(N=C1CNC=NCN=CN1)c1nc2ccc(F)cc2n1-c1ncccc1F. The number of hydrogen-bond acceptors (Lipinski definition) is 6. The van der Waals surface area contributed by atoms with Crippen molar-refractivity contribution in [1.82, 2.24) is 25.2 Å². The highest BCUT2D eigenvalue weighted by atomic mass is 19.1. The minimum Gasteiger partial charge on any atom is -0.369 e. The molecular formula is C19H18F2N8. The molecule has 1 unspecified atom stereocenters. The number of fused-ring (bicyclic) bond motifs is 1. The number of aromatic nitrogens is 3. The summed E-state index contributed by atoms with van der Waals surface area (Å²) < 4.78 is 29.9. The van der Waals surface area contributed by atoms with Gasteiger partial charge in [-0.2, -0.15) is 0 Å². The van der Waals surface area contributed by atoms with Gasteiger partial charge in [0.2, 0.25) is 0 Å². The summed E-state index contributed by atoms with van der Waals surface area (Å²) in [6.07, 6.45) is 4.56. The number of aliphatic imine (C=N–C) groups is 3. The van der Waals surface area contributed by atoms with Crippen molar-refractivity contribution < 1.29 is 8.78 Å². The second-order valence-electron chi connectivity index (χ2n) is 6.29. The fraction of sp³-hybridized carbons (Fsp3) is 0.211. The Morgan fingerprint density at radius 2 is 2.03 bits per heavy atom. The number of benzene rings is 1. The van der Waals surface area contributed by atoms with Crippen molar-refractivity contribution in [2.45, 2.75) is 13.0 Å². The van der Waals surface area contributed by atoms with Crippen LogP contribution in [-0.4, -0.2) is 46.3 Å². The van der Waals surface area contributed by atoms with E-state index in [0.717, 1.165) is 0 Å². The van der Waals surface area contributed by atoms with Crippen LogP contribution >= 0.6 is 0 Å². The molecule has 0 saturated carbocycles. The topological polar surface area (TPSA) is 91.9 Å². The molecule has 3 aromatic rings. The fourth-order valence-corrected chi connectivity index (χ4v) is 2.99. The highest BCUT2D eigenvalue weighted by Gasteiger charge is 2.21. The molecule has 0 amide bonds. The Morgan fingerprint density at radius 1 is 1.17 bits per heavy atom. The number of halogens is 2. The maximum Gasteiger partial charge on any atom is 0.175 e. The van der Waals surface area contributed by atoms with E-state index in [0.29, 0.717) is 35.9 Å². The van der Waals surface area contributed by atoms with Gasteiger partial charge in [-0.15, -0.1) is 0 Å². The summed E-state index contributed by atoms with van der Waals surface area (Å²) in [7, 11) is 0. The molecule has 0 saturated heterocycles. The molecule has 0 spiro atoms. The first-order valence-corrected chi connectivity index (χ1v) is 8.95. The molecule has 0 fully saturated rings. The van der Waals surface area contributed by atoms with Gasteiger partial charge in [0.15, 0.2) is 11.6 Å². The summed E-state index contributed by atoms with van der Waals surface area (Å²) in [6.45, 7) is 2.53. The van der Waals surface area contributed by atoms with Crippen LogP contribution in [0, 0.1) is 11.6 Å². The molecule has 0 bridgehead atoms. The quantitative estimate of drug-likeness (QED) is 0.711. The van der Waals surface area contributed by atoms with Gasteiger partial charge in [0, 0.05) is 12.3 Å². The lowest BCUT2D eigenvalue weighted by atomic mass is 10.3. The third kappa shape index (κ3) is 3.96. The van der Waals surface area contributed by atoms with Gasteiger partial charge in [0.05, 0.1) is 30.3 Å². The van der Waals surface area contributed by atoms with E-state index in [4.69, 9.17) is 0 Å². The summed E-state index contributed by atoms with van der Waals surface area (Å²) in [5, 5.41) is 6.01. The molecule has 2 N–H and O–H groups in total. The fourth-order valence-electron chi connectivity index (χ4n) is 2.99. The first-order chi connectivity index (χ1) is 14.1. The Kier molecular flexibility index (Phi) is 5.23. The molecule has 3 heterocycles. The molecule has 10 heteroatoms. The van der Waals surface area contributed by atoms with E-state index in [9.17, 15) is 8.78 Å². The minimum absolute atomic E-state index is 0.0388. The summed E-state index contributed by atoms with van der Waals surface area (Å²) in [5.41, 5.74) is 0.937. The van der Waals surface area contributed by atoms with Gasteiger partial charge in [-0.25, -0.2) is 18.7 Å². The van der Waals surface area contributed by atoms with Crippen LogP contribution in [0.5, 0.6) is 0 Å². The number of hydrogen-bond donors (Lipinski definition) is 2. The predicted octanol–water partition coefficient (Wildman–Crippen LogP) is 2.37. The summed E-state index contributed by atoms with van der Waals surface area (Å²) in [5.74, 6) is 0.0848. The van der Waals surface area contributed by atoms with Crippen molar-refractivity contribution in [2.24, 2.45) is 15.0 Å². The van der Waals surface area contributed by atoms with Crippen molar-refractivity contribution in [3.8, 4) is 5.82 Å². The van der Waals surface area contributed by atoms with Crippen LogP contribution in [0.15, 0.2) is 51.5 Å². The van der Waals surface area contributed by atoms with Crippen molar-refractivity contribution in [1.29, 1.82) is 0 Å². The monoisotopic (exact) mass is 396 g/mol.